The van der Waals surface area contributed by atoms with Crippen molar-refractivity contribution in [3.63, 3.8) is 0 Å². The Morgan fingerprint density at radius 3 is 2.64 bits per heavy atom. The van der Waals surface area contributed by atoms with E-state index in [0.717, 1.165) is 21.7 Å². The van der Waals surface area contributed by atoms with Crippen molar-refractivity contribution in [3.05, 3.63) is 47.0 Å². The Bertz CT molecular complexity index is 847. The van der Waals surface area contributed by atoms with Crippen LogP contribution < -0.4 is 10.3 Å². The number of aromatic nitrogens is 2. The molecule has 1 aromatic carbocycles. The number of ether oxygens (including phenoxy) is 1. The van der Waals surface area contributed by atoms with Crippen LogP contribution in [0.1, 0.15) is 13.8 Å². The van der Waals surface area contributed by atoms with E-state index in [2.05, 4.69) is 18.8 Å². The van der Waals surface area contributed by atoms with Crippen LogP contribution in [0.4, 0.5) is 0 Å². The molecule has 2 aromatic heterocycles. The Labute approximate surface area is 133 Å². The maximum Gasteiger partial charge on any atom is 0.271 e. The number of rotatable bonds is 4. The molecule has 4 nitrogen and oxygen atoms in total. The van der Waals surface area contributed by atoms with Gasteiger partial charge in [-0.15, -0.1) is 11.3 Å². The van der Waals surface area contributed by atoms with Crippen LogP contribution in [0.5, 0.6) is 5.75 Å². The maximum absolute atomic E-state index is 12.5. The number of methoxy groups -OCH3 is 1. The first-order valence-corrected chi connectivity index (χ1v) is 8.03. The Hall–Kier alpha value is -2.14. The van der Waals surface area contributed by atoms with Crippen molar-refractivity contribution in [3.8, 4) is 16.2 Å². The van der Waals surface area contributed by atoms with E-state index in [1.807, 2.05) is 30.3 Å². The van der Waals surface area contributed by atoms with Gasteiger partial charge in [0.1, 0.15) is 10.4 Å². The molecule has 0 aliphatic rings. The highest BCUT2D eigenvalue weighted by atomic mass is 32.1. The Kier molecular flexibility index (Phi) is 3.98. The average molecular weight is 314 g/mol. The molecule has 0 fully saturated rings. The first-order chi connectivity index (χ1) is 10.6. The molecule has 0 spiro atoms. The lowest BCUT2D eigenvalue weighted by Gasteiger charge is -2.06. The van der Waals surface area contributed by atoms with E-state index in [0.29, 0.717) is 17.2 Å². The van der Waals surface area contributed by atoms with E-state index in [1.165, 1.54) is 11.3 Å². The molecule has 0 radical (unpaired) electrons. The highest BCUT2D eigenvalue weighted by Gasteiger charge is 2.11. The number of fused-ring (bicyclic) bond motifs is 1. The molecule has 114 valence electrons. The summed E-state index contributed by atoms with van der Waals surface area (Å²) < 4.78 is 7.59. The number of thiophene rings is 1. The fourth-order valence-corrected chi connectivity index (χ4v) is 3.43. The predicted octanol–water partition coefficient (Wildman–Crippen LogP) is 3.79. The van der Waals surface area contributed by atoms with E-state index in [9.17, 15) is 4.79 Å². The summed E-state index contributed by atoms with van der Waals surface area (Å²) in [6.45, 7) is 4.87. The van der Waals surface area contributed by atoms with Crippen LogP contribution in [0, 0.1) is 5.92 Å². The molecular weight excluding hydrogens is 296 g/mol. The van der Waals surface area contributed by atoms with Crippen LogP contribution in [0.15, 0.2) is 41.5 Å². The standard InChI is InChI=1S/C17H18N2O2S/c1-11(2)9-19-10-18-14-8-15(22-16(14)17(19)20)12-4-6-13(21-3)7-5-12/h4-8,10-11H,9H2,1-3H3. The van der Waals surface area contributed by atoms with Gasteiger partial charge in [-0.25, -0.2) is 4.98 Å². The fourth-order valence-electron chi connectivity index (χ4n) is 2.37. The summed E-state index contributed by atoms with van der Waals surface area (Å²) in [4.78, 5) is 18.0. The molecule has 0 atom stereocenters. The van der Waals surface area contributed by atoms with Crippen LogP contribution in [0.25, 0.3) is 20.7 Å². The molecule has 0 aliphatic carbocycles. The van der Waals surface area contributed by atoms with Gasteiger partial charge in [0, 0.05) is 11.4 Å². The first-order valence-electron chi connectivity index (χ1n) is 7.22. The van der Waals surface area contributed by atoms with Crippen molar-refractivity contribution in [1.82, 2.24) is 9.55 Å². The lowest BCUT2D eigenvalue weighted by Crippen LogP contribution is -2.21. The van der Waals surface area contributed by atoms with E-state index >= 15 is 0 Å². The summed E-state index contributed by atoms with van der Waals surface area (Å²) in [7, 11) is 1.65. The monoisotopic (exact) mass is 314 g/mol. The molecule has 0 unspecified atom stereocenters. The second kappa shape index (κ2) is 5.93. The third-order valence-corrected chi connectivity index (χ3v) is 4.60. The molecule has 0 saturated heterocycles. The third kappa shape index (κ3) is 2.76. The maximum atomic E-state index is 12.5. The molecule has 22 heavy (non-hydrogen) atoms. The van der Waals surface area contributed by atoms with Crippen molar-refractivity contribution in [2.24, 2.45) is 5.92 Å². The summed E-state index contributed by atoms with van der Waals surface area (Å²) in [5, 5.41) is 0. The SMILES string of the molecule is COc1ccc(-c2cc3ncn(CC(C)C)c(=O)c3s2)cc1. The molecule has 0 amide bonds. The molecule has 5 heteroatoms. The van der Waals surface area contributed by atoms with E-state index in [4.69, 9.17) is 4.74 Å². The molecule has 0 saturated carbocycles. The van der Waals surface area contributed by atoms with Gasteiger partial charge in [0.25, 0.3) is 5.56 Å². The summed E-state index contributed by atoms with van der Waals surface area (Å²) in [5.41, 5.74) is 1.88. The largest absolute Gasteiger partial charge is 0.497 e. The van der Waals surface area contributed by atoms with E-state index in [-0.39, 0.29) is 5.56 Å². The van der Waals surface area contributed by atoms with Crippen molar-refractivity contribution in [2.45, 2.75) is 20.4 Å². The Balaban J connectivity index is 2.05. The van der Waals surface area contributed by atoms with Crippen LogP contribution in [0.3, 0.4) is 0 Å². The zero-order valence-corrected chi connectivity index (χ0v) is 13.7. The van der Waals surface area contributed by atoms with Gasteiger partial charge in [-0.3, -0.25) is 9.36 Å². The van der Waals surface area contributed by atoms with Crippen LogP contribution in [-0.2, 0) is 6.54 Å². The van der Waals surface area contributed by atoms with Gasteiger partial charge in [-0.2, -0.15) is 0 Å². The normalized spacial score (nSPS) is 11.3. The molecule has 2 heterocycles. The Morgan fingerprint density at radius 2 is 2.00 bits per heavy atom. The lowest BCUT2D eigenvalue weighted by atomic mass is 10.2. The van der Waals surface area contributed by atoms with Gasteiger partial charge in [-0.1, -0.05) is 13.8 Å². The summed E-state index contributed by atoms with van der Waals surface area (Å²) in [6, 6.07) is 9.81. The van der Waals surface area contributed by atoms with Gasteiger partial charge in [0.15, 0.2) is 0 Å². The molecule has 0 N–H and O–H groups in total. The highest BCUT2D eigenvalue weighted by molar-refractivity contribution is 7.22. The van der Waals surface area contributed by atoms with Gasteiger partial charge in [0.05, 0.1) is 19.0 Å². The van der Waals surface area contributed by atoms with Gasteiger partial charge in [-0.05, 0) is 41.8 Å². The fraction of sp³-hybridized carbons (Fsp3) is 0.294. The molecule has 0 aliphatic heterocycles. The van der Waals surface area contributed by atoms with Crippen molar-refractivity contribution >= 4 is 21.6 Å². The minimum atomic E-state index is 0.0449. The van der Waals surface area contributed by atoms with Gasteiger partial charge >= 0.3 is 0 Å². The van der Waals surface area contributed by atoms with Crippen molar-refractivity contribution in [1.29, 1.82) is 0 Å². The zero-order chi connectivity index (χ0) is 15.7. The second-order valence-corrected chi connectivity index (χ2v) is 6.70. The number of benzene rings is 1. The molecule has 3 rings (SSSR count). The van der Waals surface area contributed by atoms with Crippen LogP contribution >= 0.6 is 11.3 Å². The molecule has 3 aromatic rings. The van der Waals surface area contributed by atoms with Gasteiger partial charge in [0.2, 0.25) is 0 Å². The number of hydrogen-bond acceptors (Lipinski definition) is 4. The molecular formula is C17H18N2O2S. The number of nitrogens with zero attached hydrogens (tertiary/aromatic N) is 2. The summed E-state index contributed by atoms with van der Waals surface area (Å²) >= 11 is 1.50. The number of hydrogen-bond donors (Lipinski definition) is 0. The van der Waals surface area contributed by atoms with Gasteiger partial charge < -0.3 is 4.74 Å². The minimum absolute atomic E-state index is 0.0449. The molecule has 0 bridgehead atoms. The zero-order valence-electron chi connectivity index (χ0n) is 12.9. The minimum Gasteiger partial charge on any atom is -0.497 e. The van der Waals surface area contributed by atoms with Crippen LogP contribution in [-0.4, -0.2) is 16.7 Å². The van der Waals surface area contributed by atoms with E-state index in [1.54, 1.807) is 18.0 Å². The lowest BCUT2D eigenvalue weighted by molar-refractivity contribution is 0.415. The van der Waals surface area contributed by atoms with Crippen molar-refractivity contribution in [2.75, 3.05) is 7.11 Å². The highest BCUT2D eigenvalue weighted by Crippen LogP contribution is 2.31. The first kappa shape index (κ1) is 14.8. The quantitative estimate of drug-likeness (QED) is 0.736. The topological polar surface area (TPSA) is 44.1 Å². The Morgan fingerprint density at radius 1 is 1.27 bits per heavy atom. The smallest absolute Gasteiger partial charge is 0.271 e. The van der Waals surface area contributed by atoms with Crippen molar-refractivity contribution < 1.29 is 4.74 Å². The summed E-state index contributed by atoms with van der Waals surface area (Å²) in [6.07, 6.45) is 1.65. The van der Waals surface area contributed by atoms with E-state index < -0.39 is 0 Å². The van der Waals surface area contributed by atoms with Crippen LogP contribution in [0.2, 0.25) is 0 Å². The second-order valence-electron chi connectivity index (χ2n) is 5.65. The summed E-state index contributed by atoms with van der Waals surface area (Å²) in [5.74, 6) is 1.24. The predicted molar refractivity (Wildman–Crippen MR) is 90.7 cm³/mol. The average Bonchev–Trinajstić information content (AvgIpc) is 2.95. The third-order valence-electron chi connectivity index (χ3n) is 3.44.